The number of rotatable bonds is 0. The topological polar surface area (TPSA) is 88.2 Å². The Labute approximate surface area is 127 Å². The molecule has 1 amide bonds. The van der Waals surface area contributed by atoms with E-state index in [0.29, 0.717) is 24.2 Å². The summed E-state index contributed by atoms with van der Waals surface area (Å²) in [5.74, 6) is 0. The number of pyridine rings is 1. The van der Waals surface area contributed by atoms with Gasteiger partial charge in [0.25, 0.3) is 5.56 Å². The molecule has 0 atom stereocenters. The average molecular weight is 302 g/mol. The second-order valence-corrected chi connectivity index (χ2v) is 6.35. The molecule has 1 N–H and O–H groups in total. The Balaban J connectivity index is 1.95. The van der Waals surface area contributed by atoms with Crippen LogP contribution in [0.25, 0.3) is 11.0 Å². The molecular formula is C15H18N4O3. The lowest BCUT2D eigenvalue weighted by molar-refractivity contribution is 0.0223. The molecule has 2 aromatic heterocycles. The van der Waals surface area contributed by atoms with Crippen LogP contribution >= 0.6 is 0 Å². The lowest BCUT2D eigenvalue weighted by Gasteiger charge is -2.31. The van der Waals surface area contributed by atoms with Gasteiger partial charge in [-0.1, -0.05) is 0 Å². The number of hydrogen-bond donors (Lipinski definition) is 1. The van der Waals surface area contributed by atoms with E-state index in [0.717, 1.165) is 10.9 Å². The predicted octanol–water partition coefficient (Wildman–Crippen LogP) is 1.61. The number of carbonyl (C=O) groups excluding carboxylic acids is 1. The maximum absolute atomic E-state index is 12.2. The number of ether oxygens (including phenoxy) is 1. The molecule has 0 aromatic carbocycles. The number of hydrogen-bond acceptors (Lipinski definition) is 5. The van der Waals surface area contributed by atoms with Crippen LogP contribution in [0.4, 0.5) is 4.79 Å². The fourth-order valence-corrected chi connectivity index (χ4v) is 2.58. The van der Waals surface area contributed by atoms with Crippen LogP contribution in [0.5, 0.6) is 0 Å². The van der Waals surface area contributed by atoms with Crippen molar-refractivity contribution < 1.29 is 9.53 Å². The minimum Gasteiger partial charge on any atom is -0.444 e. The van der Waals surface area contributed by atoms with E-state index < -0.39 is 11.7 Å². The molecule has 1 aliphatic heterocycles. The molecule has 0 aliphatic carbocycles. The zero-order chi connectivity index (χ0) is 15.9. The fourth-order valence-electron chi connectivity index (χ4n) is 2.58. The monoisotopic (exact) mass is 302 g/mol. The van der Waals surface area contributed by atoms with E-state index in [1.165, 1.54) is 6.33 Å². The summed E-state index contributed by atoms with van der Waals surface area (Å²) in [7, 11) is 0. The summed E-state index contributed by atoms with van der Waals surface area (Å²) in [6.45, 7) is 6.21. The van der Waals surface area contributed by atoms with E-state index >= 15 is 0 Å². The molecule has 0 spiro atoms. The summed E-state index contributed by atoms with van der Waals surface area (Å²) in [5.41, 5.74) is 1.26. The van der Waals surface area contributed by atoms with Gasteiger partial charge in [0.15, 0.2) is 0 Å². The van der Waals surface area contributed by atoms with Crippen LogP contribution < -0.4 is 5.56 Å². The molecule has 0 unspecified atom stereocenters. The van der Waals surface area contributed by atoms with Crippen molar-refractivity contribution in [2.24, 2.45) is 0 Å². The minimum absolute atomic E-state index is 0.213. The first-order valence-corrected chi connectivity index (χ1v) is 7.17. The summed E-state index contributed by atoms with van der Waals surface area (Å²) >= 11 is 0. The van der Waals surface area contributed by atoms with Gasteiger partial charge >= 0.3 is 6.09 Å². The molecule has 22 heavy (non-hydrogen) atoms. The summed E-state index contributed by atoms with van der Waals surface area (Å²) in [4.78, 5) is 36.8. The summed E-state index contributed by atoms with van der Waals surface area (Å²) in [6, 6.07) is 0. The standard InChI is InChI=1S/C15H18N4O3/c1-15(2,3)22-14(21)19-5-4-9-10-6-16-8-17-12(10)18-13(20)11(9)7-19/h6,8H,4-5,7H2,1-3H3,(H,16,17,18,20). The zero-order valence-corrected chi connectivity index (χ0v) is 12.8. The van der Waals surface area contributed by atoms with Crippen molar-refractivity contribution in [2.45, 2.75) is 39.3 Å². The van der Waals surface area contributed by atoms with Crippen molar-refractivity contribution in [3.63, 3.8) is 0 Å². The number of aromatic amines is 1. The molecule has 3 rings (SSSR count). The molecule has 0 saturated carbocycles. The normalized spacial score (nSPS) is 14.8. The van der Waals surface area contributed by atoms with Gasteiger partial charge in [0, 0.05) is 23.7 Å². The van der Waals surface area contributed by atoms with E-state index in [4.69, 9.17) is 4.74 Å². The Morgan fingerprint density at radius 1 is 1.36 bits per heavy atom. The number of nitrogens with one attached hydrogen (secondary N) is 1. The maximum Gasteiger partial charge on any atom is 0.410 e. The van der Waals surface area contributed by atoms with Gasteiger partial charge < -0.3 is 14.6 Å². The van der Waals surface area contributed by atoms with E-state index in [9.17, 15) is 9.59 Å². The van der Waals surface area contributed by atoms with Gasteiger partial charge in [0.05, 0.1) is 6.54 Å². The van der Waals surface area contributed by atoms with E-state index in [1.54, 1.807) is 11.1 Å². The lowest BCUT2D eigenvalue weighted by Crippen LogP contribution is -2.42. The summed E-state index contributed by atoms with van der Waals surface area (Å²) < 4.78 is 5.37. The Bertz CT molecular complexity index is 791. The number of carbonyl (C=O) groups is 1. The molecule has 0 fully saturated rings. The Morgan fingerprint density at radius 2 is 2.14 bits per heavy atom. The smallest absolute Gasteiger partial charge is 0.410 e. The van der Waals surface area contributed by atoms with Crippen molar-refractivity contribution in [3.05, 3.63) is 34.0 Å². The number of H-pyrrole nitrogens is 1. The van der Waals surface area contributed by atoms with Gasteiger partial charge in [-0.05, 0) is 32.8 Å². The molecule has 2 aromatic rings. The Kier molecular flexibility index (Phi) is 3.35. The molecule has 0 bridgehead atoms. The number of nitrogens with zero attached hydrogens (tertiary/aromatic N) is 3. The van der Waals surface area contributed by atoms with Crippen molar-refractivity contribution >= 4 is 17.1 Å². The number of amides is 1. The van der Waals surface area contributed by atoms with Crippen molar-refractivity contribution in [1.29, 1.82) is 0 Å². The highest BCUT2D eigenvalue weighted by molar-refractivity contribution is 5.79. The van der Waals surface area contributed by atoms with Crippen LogP contribution in [0.15, 0.2) is 17.3 Å². The second kappa shape index (κ2) is 5.08. The molecule has 0 saturated heterocycles. The quantitative estimate of drug-likeness (QED) is 0.798. The van der Waals surface area contributed by atoms with E-state index in [2.05, 4.69) is 15.0 Å². The molecule has 0 radical (unpaired) electrons. The van der Waals surface area contributed by atoms with Crippen LogP contribution in [0, 0.1) is 0 Å². The Morgan fingerprint density at radius 3 is 2.86 bits per heavy atom. The third kappa shape index (κ3) is 2.66. The first-order valence-electron chi connectivity index (χ1n) is 7.17. The third-order valence-electron chi connectivity index (χ3n) is 3.54. The van der Waals surface area contributed by atoms with E-state index in [1.807, 2.05) is 20.8 Å². The lowest BCUT2D eigenvalue weighted by atomic mass is 9.99. The summed E-state index contributed by atoms with van der Waals surface area (Å²) in [5, 5.41) is 0.834. The Hall–Kier alpha value is -2.44. The number of fused-ring (bicyclic) bond motifs is 3. The highest BCUT2D eigenvalue weighted by atomic mass is 16.6. The molecule has 1 aliphatic rings. The highest BCUT2D eigenvalue weighted by Crippen LogP contribution is 2.23. The van der Waals surface area contributed by atoms with Crippen molar-refractivity contribution in [3.8, 4) is 0 Å². The fraction of sp³-hybridized carbons (Fsp3) is 0.467. The summed E-state index contributed by atoms with van der Waals surface area (Å²) in [6.07, 6.45) is 3.28. The van der Waals surface area contributed by atoms with Crippen LogP contribution in [-0.2, 0) is 17.7 Å². The molecular weight excluding hydrogens is 284 g/mol. The maximum atomic E-state index is 12.2. The van der Waals surface area contributed by atoms with Gasteiger partial charge in [-0.25, -0.2) is 14.8 Å². The van der Waals surface area contributed by atoms with Gasteiger partial charge in [-0.15, -0.1) is 0 Å². The average Bonchev–Trinajstić information content (AvgIpc) is 2.45. The third-order valence-corrected chi connectivity index (χ3v) is 3.54. The highest BCUT2D eigenvalue weighted by Gasteiger charge is 2.28. The van der Waals surface area contributed by atoms with Crippen molar-refractivity contribution in [1.82, 2.24) is 19.9 Å². The molecule has 7 heteroatoms. The van der Waals surface area contributed by atoms with Gasteiger partial charge in [-0.2, -0.15) is 0 Å². The molecule has 7 nitrogen and oxygen atoms in total. The van der Waals surface area contributed by atoms with Gasteiger partial charge in [-0.3, -0.25) is 4.79 Å². The van der Waals surface area contributed by atoms with Crippen molar-refractivity contribution in [2.75, 3.05) is 6.54 Å². The van der Waals surface area contributed by atoms with Crippen LogP contribution in [0.1, 0.15) is 31.9 Å². The second-order valence-electron chi connectivity index (χ2n) is 6.35. The molecule has 3 heterocycles. The van der Waals surface area contributed by atoms with Crippen LogP contribution in [-0.4, -0.2) is 38.1 Å². The minimum atomic E-state index is -0.555. The van der Waals surface area contributed by atoms with Crippen LogP contribution in [0.2, 0.25) is 0 Å². The SMILES string of the molecule is CC(C)(C)OC(=O)N1CCc2c(c(=O)[nH]c3ncncc23)C1. The van der Waals surface area contributed by atoms with Gasteiger partial charge in [0.1, 0.15) is 17.6 Å². The first-order chi connectivity index (χ1) is 10.3. The largest absolute Gasteiger partial charge is 0.444 e. The van der Waals surface area contributed by atoms with Crippen LogP contribution in [0.3, 0.4) is 0 Å². The molecule has 116 valence electrons. The van der Waals surface area contributed by atoms with E-state index in [-0.39, 0.29) is 12.1 Å². The zero-order valence-electron chi connectivity index (χ0n) is 12.8. The first kappa shape index (κ1) is 14.5. The number of aromatic nitrogens is 3. The predicted molar refractivity (Wildman–Crippen MR) is 80.5 cm³/mol. The van der Waals surface area contributed by atoms with Gasteiger partial charge in [0.2, 0.25) is 0 Å².